The molecule has 5 aliphatic rings. The fourth-order valence-electron chi connectivity index (χ4n) is 6.49. The summed E-state index contributed by atoms with van der Waals surface area (Å²) in [6.45, 7) is 18.9. The van der Waals surface area contributed by atoms with Gasteiger partial charge < -0.3 is 23.4 Å². The van der Waals surface area contributed by atoms with E-state index in [0.29, 0.717) is 58.8 Å². The molecule has 3 heterocycles. The molecule has 266 valence electrons. The minimum atomic E-state index is -0.981. The summed E-state index contributed by atoms with van der Waals surface area (Å²) in [7, 11) is 3.27. The third-order valence-electron chi connectivity index (χ3n) is 9.14. The third kappa shape index (κ3) is 10.7. The van der Waals surface area contributed by atoms with Gasteiger partial charge >= 0.3 is 0 Å². The summed E-state index contributed by atoms with van der Waals surface area (Å²) in [6, 6.07) is 9.95. The fourth-order valence-corrected chi connectivity index (χ4v) is 6.49. The lowest BCUT2D eigenvalue weighted by atomic mass is 9.61. The van der Waals surface area contributed by atoms with Gasteiger partial charge in [0, 0.05) is 37.5 Å². The van der Waals surface area contributed by atoms with Gasteiger partial charge in [0.05, 0.1) is 7.11 Å². The predicted molar refractivity (Wildman–Crippen MR) is 187 cm³/mol. The quantitative estimate of drug-likeness (QED) is 0.166. The van der Waals surface area contributed by atoms with Crippen LogP contribution < -0.4 is 10.2 Å². The van der Waals surface area contributed by atoms with Gasteiger partial charge in [-0.05, 0) is 61.8 Å². The number of hydrogen-bond donors (Lipinski definition) is 1. The molecule has 1 saturated carbocycles. The molecule has 0 amide bonds. The zero-order chi connectivity index (χ0) is 35.1. The molecular formula is C38H61NO8. The van der Waals surface area contributed by atoms with Crippen molar-refractivity contribution in [3.8, 4) is 17.2 Å². The molecule has 1 aromatic rings. The van der Waals surface area contributed by atoms with Gasteiger partial charge in [-0.3, -0.25) is 4.79 Å². The van der Waals surface area contributed by atoms with Crippen molar-refractivity contribution in [2.75, 3.05) is 14.2 Å². The number of rotatable bonds is 4. The molecule has 2 unspecified atom stereocenters. The average molecular weight is 660 g/mol. The van der Waals surface area contributed by atoms with Gasteiger partial charge in [0.2, 0.25) is 5.79 Å². The van der Waals surface area contributed by atoms with E-state index in [4.69, 9.17) is 23.4 Å². The molecule has 3 fully saturated rings. The first-order valence-electron chi connectivity index (χ1n) is 17.7. The van der Waals surface area contributed by atoms with E-state index in [1.807, 2.05) is 26.0 Å². The summed E-state index contributed by atoms with van der Waals surface area (Å²) < 4.78 is 28.4. The van der Waals surface area contributed by atoms with E-state index in [1.165, 1.54) is 44.2 Å². The zero-order valence-corrected chi connectivity index (χ0v) is 30.7. The van der Waals surface area contributed by atoms with Crippen LogP contribution in [0.1, 0.15) is 107 Å². The van der Waals surface area contributed by atoms with Gasteiger partial charge in [-0.2, -0.15) is 0 Å². The van der Waals surface area contributed by atoms with E-state index >= 15 is 0 Å². The van der Waals surface area contributed by atoms with Gasteiger partial charge in [0.25, 0.3) is 0 Å². The van der Waals surface area contributed by atoms with Crippen molar-refractivity contribution in [1.82, 2.24) is 4.98 Å². The van der Waals surface area contributed by atoms with Crippen molar-refractivity contribution in [2.24, 2.45) is 29.6 Å². The Morgan fingerprint density at radius 2 is 1.64 bits per heavy atom. The van der Waals surface area contributed by atoms with Crippen LogP contribution in [-0.4, -0.2) is 42.8 Å². The van der Waals surface area contributed by atoms with Gasteiger partial charge in [0.1, 0.15) is 17.0 Å². The highest BCUT2D eigenvalue weighted by atomic mass is 17.1. The second-order valence-corrected chi connectivity index (χ2v) is 12.7. The lowest BCUT2D eigenvalue weighted by Crippen LogP contribution is -2.54. The first kappa shape index (κ1) is 40.6. The van der Waals surface area contributed by atoms with E-state index in [0.717, 1.165) is 11.9 Å². The van der Waals surface area contributed by atoms with Crippen LogP contribution in [0.15, 0.2) is 45.6 Å². The fraction of sp³-hybridized carbons (Fsp3) is 0.684. The minimum Gasteiger partial charge on any atom is -0.497 e. The molecular weight excluding hydrogens is 598 g/mol. The Kier molecular flexibility index (Phi) is 17.3. The van der Waals surface area contributed by atoms with Crippen LogP contribution in [0.5, 0.6) is 5.75 Å². The maximum Gasteiger partial charge on any atom is 0.201 e. The van der Waals surface area contributed by atoms with Crippen molar-refractivity contribution < 1.29 is 33.5 Å². The summed E-state index contributed by atoms with van der Waals surface area (Å²) in [5.41, 5.74) is 1.91. The molecule has 9 nitrogen and oxygen atoms in total. The van der Waals surface area contributed by atoms with E-state index in [2.05, 4.69) is 51.4 Å². The third-order valence-corrected chi connectivity index (χ3v) is 9.14. The minimum absolute atomic E-state index is 0.0923. The van der Waals surface area contributed by atoms with Crippen LogP contribution in [0, 0.1) is 29.6 Å². The number of methoxy groups -OCH3 is 2. The number of fused-ring (bicyclic) bond motifs is 2. The monoisotopic (exact) mass is 659 g/mol. The van der Waals surface area contributed by atoms with Crippen LogP contribution in [-0.2, 0) is 19.1 Å². The van der Waals surface area contributed by atoms with Crippen LogP contribution in [0.2, 0.25) is 0 Å². The van der Waals surface area contributed by atoms with Crippen molar-refractivity contribution in [3.63, 3.8) is 0 Å². The number of benzene rings is 2. The molecule has 8 atom stereocenters. The second-order valence-electron chi connectivity index (χ2n) is 12.7. The maximum absolute atomic E-state index is 11.2. The van der Waals surface area contributed by atoms with Gasteiger partial charge in [-0.15, -0.1) is 0 Å². The van der Waals surface area contributed by atoms with Crippen molar-refractivity contribution >= 4 is 11.1 Å². The molecule has 47 heavy (non-hydrogen) atoms. The maximum atomic E-state index is 11.2. The topological polar surface area (TPSA) is 109 Å². The van der Waals surface area contributed by atoms with Gasteiger partial charge in [0.15, 0.2) is 29.4 Å². The van der Waals surface area contributed by atoms with Crippen LogP contribution in [0.3, 0.4) is 0 Å². The molecule has 1 N–H and O–H groups in total. The number of hydrogen-bond acceptors (Lipinski definition) is 9. The van der Waals surface area contributed by atoms with Gasteiger partial charge in [-0.25, -0.2) is 15.1 Å². The van der Waals surface area contributed by atoms with Crippen molar-refractivity contribution in [1.29, 1.82) is 0 Å². The molecule has 0 bridgehead atoms. The predicted octanol–water partition coefficient (Wildman–Crippen LogP) is 9.80. The summed E-state index contributed by atoms with van der Waals surface area (Å²) in [5, 5.41) is 9.24. The average Bonchev–Trinajstić information content (AvgIpc) is 3.24. The number of unbranched alkanes of at least 4 members (excludes halogenated alkanes) is 1. The molecule has 1 aromatic carbocycles. The lowest BCUT2D eigenvalue weighted by Gasteiger charge is -2.51. The van der Waals surface area contributed by atoms with Crippen LogP contribution in [0.25, 0.3) is 22.6 Å². The Labute approximate surface area is 282 Å². The van der Waals surface area contributed by atoms with E-state index in [-0.39, 0.29) is 18.0 Å². The Balaban J connectivity index is 0.000000265. The highest BCUT2D eigenvalue weighted by molar-refractivity contribution is 5.77. The highest BCUT2D eigenvalue weighted by Gasteiger charge is 2.54. The first-order valence-corrected chi connectivity index (χ1v) is 17.7. The van der Waals surface area contributed by atoms with Crippen molar-refractivity contribution in [2.45, 2.75) is 126 Å². The number of ether oxygens (including phenoxy) is 4. The highest BCUT2D eigenvalue weighted by Crippen LogP contribution is 2.53. The lowest BCUT2D eigenvalue weighted by molar-refractivity contribution is -0.443. The molecule has 0 spiro atoms. The largest absolute Gasteiger partial charge is 0.497 e. The smallest absolute Gasteiger partial charge is 0.201 e. The Morgan fingerprint density at radius 3 is 2.23 bits per heavy atom. The Morgan fingerprint density at radius 1 is 0.957 bits per heavy atom. The summed E-state index contributed by atoms with van der Waals surface area (Å²) >= 11 is 0. The SMILES string of the molecule is CC.CCC.CCCC.CO[C@@H]1O[C@@H]2OC(C)(OO)CC[C@@H]3C2[C@@H](CC[C@H]3C)[C@H]1C.COc1ccc2nc3ccc(=O)cc-3oc2c1. The first-order chi connectivity index (χ1) is 22.6. The second kappa shape index (κ2) is 20.1. The zero-order valence-electron chi connectivity index (χ0n) is 30.7. The Bertz CT molecular complexity index is 1330. The molecule has 6 rings (SSSR count). The summed E-state index contributed by atoms with van der Waals surface area (Å²) in [5.74, 6) is 2.71. The van der Waals surface area contributed by atoms with E-state index in [9.17, 15) is 10.1 Å². The molecule has 2 saturated heterocycles. The Hall–Kier alpha value is -2.56. The summed E-state index contributed by atoms with van der Waals surface area (Å²) in [4.78, 5) is 20.3. The van der Waals surface area contributed by atoms with Crippen LogP contribution in [0.4, 0.5) is 0 Å². The van der Waals surface area contributed by atoms with Crippen molar-refractivity contribution in [3.05, 3.63) is 46.6 Å². The number of nitrogens with zero attached hydrogens (tertiary/aromatic N) is 1. The summed E-state index contributed by atoms with van der Waals surface area (Å²) in [6.07, 6.45) is 7.42. The normalized spacial score (nSPS) is 29.1. The number of aromatic nitrogens is 1. The van der Waals surface area contributed by atoms with E-state index in [1.54, 1.807) is 33.3 Å². The standard InChI is InChI=1S/C16H28O5.C13H9NO3.C4H10.C3H8.C2H6/c1-9-5-6-12-10(2)14(18-4)19-15-13(12)11(9)7-8-16(3,20-15)21-17;1-16-9-3-5-11-13(7-9)17-12-6-8(15)2-4-10(12)14-11;1-3-4-2;1-3-2;1-2/h9-15,17H,5-8H2,1-4H3;2-7H,1H3;3-4H2,1-2H3;3H2,1-2H3;1-2H3/t9-,10-,11+,12+,13?,14-,15-,16?;;;;/m1..../s1. The molecule has 2 aliphatic carbocycles. The molecule has 3 aliphatic heterocycles. The molecule has 9 heteroatoms. The van der Waals surface area contributed by atoms with Gasteiger partial charge in [-0.1, -0.05) is 81.1 Å². The molecule has 0 aromatic heterocycles. The molecule has 0 radical (unpaired) electrons. The van der Waals surface area contributed by atoms with E-state index < -0.39 is 5.79 Å². The van der Waals surface area contributed by atoms with Crippen LogP contribution >= 0.6 is 0 Å².